The predicted molar refractivity (Wildman–Crippen MR) is 128 cm³/mol. The van der Waals surface area contributed by atoms with Gasteiger partial charge in [-0.05, 0) is 48.2 Å². The van der Waals surface area contributed by atoms with Crippen molar-refractivity contribution >= 4 is 38.5 Å². The van der Waals surface area contributed by atoms with Crippen LogP contribution in [0.3, 0.4) is 0 Å². The summed E-state index contributed by atoms with van der Waals surface area (Å²) < 4.78 is 30.0. The lowest BCUT2D eigenvalue weighted by molar-refractivity contribution is 0.104. The second-order valence-electron chi connectivity index (χ2n) is 7.38. The number of carbonyl (C=O) groups excluding carboxylic acids is 1. The number of hydrogen-bond donors (Lipinski definition) is 1. The average molecular weight is 475 g/mol. The molecule has 0 aliphatic carbocycles. The first-order valence-corrected chi connectivity index (χ1v) is 12.4. The zero-order valence-corrected chi connectivity index (χ0v) is 19.1. The van der Waals surface area contributed by atoms with Gasteiger partial charge in [0.05, 0.1) is 27.2 Å². The van der Waals surface area contributed by atoms with Crippen LogP contribution in [0, 0.1) is 6.92 Å². The fraction of sp³-hybridized carbons (Fsp3) is 0.0417. The lowest BCUT2D eigenvalue weighted by Gasteiger charge is -2.12. The van der Waals surface area contributed by atoms with Crippen LogP contribution in [-0.4, -0.2) is 28.8 Å². The Bertz CT molecular complexity index is 1590. The molecule has 0 amide bonds. The summed E-state index contributed by atoms with van der Waals surface area (Å²) in [4.78, 5) is 18.0. The van der Waals surface area contributed by atoms with Gasteiger partial charge in [-0.3, -0.25) is 9.52 Å². The Morgan fingerprint density at radius 3 is 2.67 bits per heavy atom. The van der Waals surface area contributed by atoms with Crippen LogP contribution in [0.15, 0.2) is 89.4 Å². The molecule has 5 aromatic rings. The lowest BCUT2D eigenvalue weighted by atomic mass is 10.1. The van der Waals surface area contributed by atoms with Gasteiger partial charge in [-0.15, -0.1) is 11.3 Å². The van der Waals surface area contributed by atoms with Crippen LogP contribution in [-0.2, 0) is 10.0 Å². The van der Waals surface area contributed by atoms with E-state index in [1.807, 2.05) is 17.5 Å². The molecule has 3 heterocycles. The topological polar surface area (TPSA) is 93.4 Å². The number of aromatic nitrogens is 3. The Hall–Kier alpha value is -3.82. The fourth-order valence-electron chi connectivity index (χ4n) is 3.62. The van der Waals surface area contributed by atoms with Crippen LogP contribution in [0.4, 0.5) is 5.69 Å². The number of nitrogens with zero attached hydrogens (tertiary/aromatic N) is 3. The Morgan fingerprint density at radius 1 is 1.03 bits per heavy atom. The molecular formula is C24H18N4O3S2. The molecule has 0 saturated heterocycles. The Morgan fingerprint density at radius 2 is 1.88 bits per heavy atom. The number of nitrogens with one attached hydrogen (secondary N) is 1. The number of fused-ring (bicyclic) bond motifs is 1. The SMILES string of the molecule is Cc1ccccc1S(=O)(=O)Nc1cccc(-c2ccnc3c(C(=O)c4cccs4)cnn23)c1. The van der Waals surface area contributed by atoms with Gasteiger partial charge in [0.15, 0.2) is 5.65 Å². The molecule has 2 aromatic carbocycles. The van der Waals surface area contributed by atoms with E-state index in [9.17, 15) is 13.2 Å². The number of aryl methyl sites for hydroxylation is 1. The van der Waals surface area contributed by atoms with Gasteiger partial charge in [0.2, 0.25) is 5.78 Å². The maximum atomic E-state index is 12.9. The van der Waals surface area contributed by atoms with Gasteiger partial charge >= 0.3 is 0 Å². The number of sulfonamides is 1. The first kappa shape index (κ1) is 21.0. The van der Waals surface area contributed by atoms with Crippen molar-refractivity contribution < 1.29 is 13.2 Å². The molecule has 164 valence electrons. The Balaban J connectivity index is 1.52. The van der Waals surface area contributed by atoms with Crippen molar-refractivity contribution in [1.82, 2.24) is 14.6 Å². The molecular weight excluding hydrogens is 456 g/mol. The highest BCUT2D eigenvalue weighted by Crippen LogP contribution is 2.27. The zero-order valence-electron chi connectivity index (χ0n) is 17.5. The smallest absolute Gasteiger partial charge is 0.262 e. The second-order valence-corrected chi connectivity index (χ2v) is 9.98. The maximum absolute atomic E-state index is 12.9. The molecule has 3 aromatic heterocycles. The number of anilines is 1. The summed E-state index contributed by atoms with van der Waals surface area (Å²) in [5.41, 5.74) is 3.35. The molecule has 0 aliphatic heterocycles. The average Bonchev–Trinajstić information content (AvgIpc) is 3.49. The largest absolute Gasteiger partial charge is 0.287 e. The van der Waals surface area contributed by atoms with Gasteiger partial charge in [0, 0.05) is 17.4 Å². The maximum Gasteiger partial charge on any atom is 0.262 e. The van der Waals surface area contributed by atoms with Crippen molar-refractivity contribution in [3.8, 4) is 11.3 Å². The summed E-state index contributed by atoms with van der Waals surface area (Å²) >= 11 is 1.37. The van der Waals surface area contributed by atoms with E-state index in [4.69, 9.17) is 0 Å². The summed E-state index contributed by atoms with van der Waals surface area (Å²) in [5.74, 6) is -0.135. The molecule has 5 rings (SSSR count). The molecule has 0 saturated carbocycles. The number of hydrogen-bond acceptors (Lipinski definition) is 6. The number of thiophene rings is 1. The van der Waals surface area contributed by atoms with E-state index in [1.165, 1.54) is 17.5 Å². The van der Waals surface area contributed by atoms with E-state index in [-0.39, 0.29) is 10.7 Å². The number of benzene rings is 2. The van der Waals surface area contributed by atoms with Gasteiger partial charge in [0.25, 0.3) is 10.0 Å². The number of carbonyl (C=O) groups is 1. The third-order valence-corrected chi connectivity index (χ3v) is 7.59. The summed E-state index contributed by atoms with van der Waals surface area (Å²) in [7, 11) is -3.75. The van der Waals surface area contributed by atoms with Crippen LogP contribution < -0.4 is 4.72 Å². The highest BCUT2D eigenvalue weighted by molar-refractivity contribution is 7.92. The van der Waals surface area contributed by atoms with Crippen molar-refractivity contribution in [3.63, 3.8) is 0 Å². The zero-order chi connectivity index (χ0) is 23.0. The molecule has 0 spiro atoms. The van der Waals surface area contributed by atoms with Crippen LogP contribution in [0.5, 0.6) is 0 Å². The van der Waals surface area contributed by atoms with Crippen molar-refractivity contribution in [2.24, 2.45) is 0 Å². The number of ketones is 1. The first-order valence-electron chi connectivity index (χ1n) is 10.0. The Kier molecular flexibility index (Phi) is 5.27. The minimum absolute atomic E-state index is 0.135. The van der Waals surface area contributed by atoms with Crippen molar-refractivity contribution in [3.05, 3.63) is 101 Å². The van der Waals surface area contributed by atoms with Gasteiger partial charge in [-0.25, -0.2) is 17.9 Å². The van der Waals surface area contributed by atoms with Gasteiger partial charge < -0.3 is 0 Å². The molecule has 33 heavy (non-hydrogen) atoms. The molecule has 1 N–H and O–H groups in total. The molecule has 0 radical (unpaired) electrons. The van der Waals surface area contributed by atoms with Crippen molar-refractivity contribution in [2.45, 2.75) is 11.8 Å². The monoisotopic (exact) mass is 474 g/mol. The van der Waals surface area contributed by atoms with E-state index in [2.05, 4.69) is 14.8 Å². The molecule has 0 aliphatic rings. The van der Waals surface area contributed by atoms with E-state index < -0.39 is 10.0 Å². The standard InChI is InChI=1S/C24H18N4O3S2/c1-16-6-2-3-10-22(16)33(30,31)27-18-8-4-7-17(14-18)20-11-12-25-24-19(15-26-28(20)24)23(29)21-9-5-13-32-21/h2-15,27H,1H3. The molecule has 0 atom stereocenters. The van der Waals surface area contributed by atoms with Crippen molar-refractivity contribution in [2.75, 3.05) is 4.72 Å². The third-order valence-electron chi connectivity index (χ3n) is 5.18. The minimum Gasteiger partial charge on any atom is -0.287 e. The predicted octanol–water partition coefficient (Wildman–Crippen LogP) is 4.80. The van der Waals surface area contributed by atoms with Crippen LogP contribution in [0.25, 0.3) is 16.9 Å². The van der Waals surface area contributed by atoms with Crippen LogP contribution >= 0.6 is 11.3 Å². The molecule has 9 heteroatoms. The quantitative estimate of drug-likeness (QED) is 0.357. The summed E-state index contributed by atoms with van der Waals surface area (Å²) in [6.45, 7) is 1.76. The summed E-state index contributed by atoms with van der Waals surface area (Å²) in [6.07, 6.45) is 3.13. The van der Waals surface area contributed by atoms with E-state index >= 15 is 0 Å². The first-order chi connectivity index (χ1) is 15.9. The van der Waals surface area contributed by atoms with Crippen molar-refractivity contribution in [1.29, 1.82) is 0 Å². The van der Waals surface area contributed by atoms with Gasteiger partial charge in [-0.1, -0.05) is 36.4 Å². The second kappa shape index (κ2) is 8.27. The third kappa shape index (κ3) is 3.92. The van der Waals surface area contributed by atoms with E-state index in [0.717, 1.165) is 5.56 Å². The van der Waals surface area contributed by atoms with Gasteiger partial charge in [0.1, 0.15) is 0 Å². The molecule has 0 bridgehead atoms. The highest BCUT2D eigenvalue weighted by atomic mass is 32.2. The summed E-state index contributed by atoms with van der Waals surface area (Å²) in [5, 5.41) is 6.24. The normalized spacial score (nSPS) is 11.5. The summed E-state index contributed by atoms with van der Waals surface area (Å²) in [6, 6.07) is 19.2. The lowest BCUT2D eigenvalue weighted by Crippen LogP contribution is -2.14. The van der Waals surface area contributed by atoms with Crippen LogP contribution in [0.1, 0.15) is 20.8 Å². The van der Waals surface area contributed by atoms with Crippen LogP contribution in [0.2, 0.25) is 0 Å². The molecule has 7 nitrogen and oxygen atoms in total. The molecule has 0 fully saturated rings. The Labute approximate surface area is 194 Å². The molecule has 0 unspecified atom stereocenters. The van der Waals surface area contributed by atoms with Gasteiger partial charge in [-0.2, -0.15) is 5.10 Å². The fourth-order valence-corrected chi connectivity index (χ4v) is 5.60. The van der Waals surface area contributed by atoms with E-state index in [1.54, 1.807) is 72.2 Å². The number of rotatable bonds is 6. The minimum atomic E-state index is -3.75. The van der Waals surface area contributed by atoms with E-state index in [0.29, 0.717) is 33.0 Å². The highest BCUT2D eigenvalue weighted by Gasteiger charge is 2.19.